The second kappa shape index (κ2) is 7.95. The summed E-state index contributed by atoms with van der Waals surface area (Å²) in [4.78, 5) is 2.86. The van der Waals surface area contributed by atoms with E-state index in [2.05, 4.69) is 68.9 Å². The number of halogens is 1. The molecule has 116 valence electrons. The summed E-state index contributed by atoms with van der Waals surface area (Å²) in [5.74, 6) is 0.741. The Hall–Kier alpha value is 0.140. The number of aryl methyl sites for hydroxylation is 1. The molecule has 0 bridgehead atoms. The summed E-state index contributed by atoms with van der Waals surface area (Å²) >= 11 is 5.57. The van der Waals surface area contributed by atoms with Crippen LogP contribution in [0.4, 0.5) is 0 Å². The second-order valence-corrected chi connectivity index (χ2v) is 9.31. The van der Waals surface area contributed by atoms with Crippen LogP contribution < -0.4 is 5.32 Å². The molecule has 0 radical (unpaired) electrons. The van der Waals surface area contributed by atoms with E-state index in [1.165, 1.54) is 33.5 Å². The minimum Gasteiger partial charge on any atom is -0.309 e. The topological polar surface area (TPSA) is 12.0 Å². The minimum atomic E-state index is 0.417. The van der Waals surface area contributed by atoms with Crippen LogP contribution in [0.15, 0.2) is 10.5 Å². The van der Waals surface area contributed by atoms with Crippen molar-refractivity contribution in [2.24, 2.45) is 11.3 Å². The first kappa shape index (κ1) is 18.2. The summed E-state index contributed by atoms with van der Waals surface area (Å²) in [6.45, 7) is 14.9. The largest absolute Gasteiger partial charge is 0.309 e. The molecular formula is C17H30BrNS. The van der Waals surface area contributed by atoms with Crippen molar-refractivity contribution in [2.45, 2.75) is 66.8 Å². The molecule has 1 rings (SSSR count). The Balaban J connectivity index is 2.74. The van der Waals surface area contributed by atoms with Gasteiger partial charge in [0.1, 0.15) is 0 Å². The fraction of sp³-hybridized carbons (Fsp3) is 0.765. The van der Waals surface area contributed by atoms with Crippen LogP contribution in [0.2, 0.25) is 0 Å². The van der Waals surface area contributed by atoms with Crippen molar-refractivity contribution in [3.8, 4) is 0 Å². The zero-order valence-electron chi connectivity index (χ0n) is 13.8. The Bertz CT molecular complexity index is 386. The highest BCUT2D eigenvalue weighted by molar-refractivity contribution is 9.10. The van der Waals surface area contributed by atoms with Gasteiger partial charge >= 0.3 is 0 Å². The molecule has 2 unspecified atom stereocenters. The number of hydrogen-bond acceptors (Lipinski definition) is 2. The van der Waals surface area contributed by atoms with Gasteiger partial charge in [0.05, 0.1) is 0 Å². The Morgan fingerprint density at radius 1 is 1.35 bits per heavy atom. The van der Waals surface area contributed by atoms with Crippen molar-refractivity contribution >= 4 is 27.3 Å². The van der Waals surface area contributed by atoms with E-state index in [1.807, 2.05) is 11.3 Å². The number of nitrogens with one attached hydrogen (secondary N) is 1. The van der Waals surface area contributed by atoms with Gasteiger partial charge in [-0.2, -0.15) is 0 Å². The van der Waals surface area contributed by atoms with Gasteiger partial charge in [0, 0.05) is 20.3 Å². The van der Waals surface area contributed by atoms with Crippen LogP contribution >= 0.6 is 27.3 Å². The molecule has 2 atom stereocenters. The molecule has 0 amide bonds. The average Bonchev–Trinajstić information content (AvgIpc) is 2.62. The number of thiophene rings is 1. The summed E-state index contributed by atoms with van der Waals surface area (Å²) in [6, 6.07) is 2.80. The maximum atomic E-state index is 3.73. The van der Waals surface area contributed by atoms with E-state index in [0.29, 0.717) is 11.5 Å². The van der Waals surface area contributed by atoms with E-state index < -0.39 is 0 Å². The van der Waals surface area contributed by atoms with Gasteiger partial charge in [-0.3, -0.25) is 0 Å². The first-order valence-electron chi connectivity index (χ1n) is 7.72. The summed E-state index contributed by atoms with van der Waals surface area (Å²) in [5.41, 5.74) is 0.417. The molecule has 0 aliphatic heterocycles. The lowest BCUT2D eigenvalue weighted by molar-refractivity contribution is 0.276. The fourth-order valence-corrected chi connectivity index (χ4v) is 4.45. The quantitative estimate of drug-likeness (QED) is 0.600. The molecule has 1 heterocycles. The number of hydrogen-bond donors (Lipinski definition) is 1. The molecule has 0 aromatic carbocycles. The standard InChI is InChI=1S/C17H30BrNS/c1-7-8-19-15(9-12(2)11-17(4,5)6)16-10-14(18)13(3)20-16/h10,12,15,19H,7-9,11H2,1-6H3. The van der Waals surface area contributed by atoms with E-state index in [-0.39, 0.29) is 0 Å². The van der Waals surface area contributed by atoms with E-state index in [0.717, 1.165) is 12.5 Å². The highest BCUT2D eigenvalue weighted by atomic mass is 79.9. The van der Waals surface area contributed by atoms with Crippen LogP contribution in [0.3, 0.4) is 0 Å². The monoisotopic (exact) mass is 359 g/mol. The van der Waals surface area contributed by atoms with E-state index >= 15 is 0 Å². The summed E-state index contributed by atoms with van der Waals surface area (Å²) in [6.07, 6.45) is 3.70. The Morgan fingerprint density at radius 2 is 2.00 bits per heavy atom. The van der Waals surface area contributed by atoms with Crippen molar-refractivity contribution < 1.29 is 0 Å². The normalized spacial score (nSPS) is 15.3. The van der Waals surface area contributed by atoms with E-state index in [1.54, 1.807) is 0 Å². The van der Waals surface area contributed by atoms with Gasteiger partial charge in [-0.05, 0) is 66.1 Å². The number of rotatable bonds is 7. The van der Waals surface area contributed by atoms with Gasteiger partial charge in [-0.25, -0.2) is 0 Å². The Labute approximate surface area is 137 Å². The van der Waals surface area contributed by atoms with Gasteiger partial charge in [-0.1, -0.05) is 34.6 Å². The van der Waals surface area contributed by atoms with Crippen LogP contribution in [0.25, 0.3) is 0 Å². The molecule has 0 saturated carbocycles. The molecule has 20 heavy (non-hydrogen) atoms. The van der Waals surface area contributed by atoms with Crippen LogP contribution in [0.1, 0.15) is 69.7 Å². The van der Waals surface area contributed by atoms with Crippen molar-refractivity contribution in [3.05, 3.63) is 20.3 Å². The SMILES string of the molecule is CCCNC(CC(C)CC(C)(C)C)c1cc(Br)c(C)s1. The van der Waals surface area contributed by atoms with Crippen molar-refractivity contribution in [3.63, 3.8) is 0 Å². The molecule has 1 aromatic rings. The molecule has 1 nitrogen and oxygen atoms in total. The van der Waals surface area contributed by atoms with Gasteiger partial charge < -0.3 is 5.32 Å². The highest BCUT2D eigenvalue weighted by Crippen LogP contribution is 2.35. The predicted octanol–water partition coefficient (Wildman–Crippen LogP) is 6.32. The smallest absolute Gasteiger partial charge is 0.0417 e. The Morgan fingerprint density at radius 3 is 2.45 bits per heavy atom. The van der Waals surface area contributed by atoms with Crippen LogP contribution in [-0.2, 0) is 0 Å². The third kappa shape index (κ3) is 6.28. The van der Waals surface area contributed by atoms with Crippen LogP contribution in [0, 0.1) is 18.3 Å². The molecular weight excluding hydrogens is 330 g/mol. The van der Waals surface area contributed by atoms with Crippen LogP contribution in [-0.4, -0.2) is 6.54 Å². The summed E-state index contributed by atoms with van der Waals surface area (Å²) in [7, 11) is 0. The molecule has 0 saturated heterocycles. The van der Waals surface area contributed by atoms with E-state index in [4.69, 9.17) is 0 Å². The molecule has 1 N–H and O–H groups in total. The first-order chi connectivity index (χ1) is 9.23. The van der Waals surface area contributed by atoms with Crippen molar-refractivity contribution in [2.75, 3.05) is 6.54 Å². The summed E-state index contributed by atoms with van der Waals surface area (Å²) in [5, 5.41) is 3.73. The van der Waals surface area contributed by atoms with Gasteiger partial charge in [0.25, 0.3) is 0 Å². The second-order valence-electron chi connectivity index (χ2n) is 7.17. The molecule has 3 heteroatoms. The maximum Gasteiger partial charge on any atom is 0.0417 e. The lowest BCUT2D eigenvalue weighted by atomic mass is 9.82. The molecule has 0 fully saturated rings. The zero-order chi connectivity index (χ0) is 15.3. The highest BCUT2D eigenvalue weighted by Gasteiger charge is 2.21. The van der Waals surface area contributed by atoms with Gasteiger partial charge in [-0.15, -0.1) is 11.3 Å². The average molecular weight is 360 g/mol. The van der Waals surface area contributed by atoms with Crippen molar-refractivity contribution in [1.29, 1.82) is 0 Å². The molecule has 1 aromatic heterocycles. The molecule has 0 aliphatic rings. The van der Waals surface area contributed by atoms with Gasteiger partial charge in [0.2, 0.25) is 0 Å². The molecule has 0 aliphatic carbocycles. The third-order valence-electron chi connectivity index (χ3n) is 3.46. The van der Waals surface area contributed by atoms with Gasteiger partial charge in [0.15, 0.2) is 0 Å². The minimum absolute atomic E-state index is 0.417. The lowest BCUT2D eigenvalue weighted by Gasteiger charge is -2.27. The Kier molecular flexibility index (Phi) is 7.23. The first-order valence-corrected chi connectivity index (χ1v) is 9.33. The molecule has 0 spiro atoms. The van der Waals surface area contributed by atoms with Crippen molar-refractivity contribution in [1.82, 2.24) is 5.32 Å². The third-order valence-corrected chi connectivity index (χ3v) is 5.71. The zero-order valence-corrected chi connectivity index (χ0v) is 16.2. The van der Waals surface area contributed by atoms with E-state index in [9.17, 15) is 0 Å². The fourth-order valence-electron chi connectivity index (χ4n) is 2.80. The predicted molar refractivity (Wildman–Crippen MR) is 95.6 cm³/mol. The maximum absolute atomic E-state index is 3.73. The van der Waals surface area contributed by atoms with Crippen LogP contribution in [0.5, 0.6) is 0 Å². The summed E-state index contributed by atoms with van der Waals surface area (Å²) < 4.78 is 1.25. The lowest BCUT2D eigenvalue weighted by Crippen LogP contribution is -2.24.